The third-order valence-corrected chi connectivity index (χ3v) is 5.78. The van der Waals surface area contributed by atoms with Crippen molar-refractivity contribution < 1.29 is 4.74 Å². The number of nitrogens with zero attached hydrogens (tertiary/aromatic N) is 3. The fourth-order valence-corrected chi connectivity index (χ4v) is 3.88. The molecule has 0 aliphatic carbocycles. The Bertz CT molecular complexity index is 613. The minimum Gasteiger partial charge on any atom is -0.379 e. The molecule has 1 aromatic rings. The molecule has 3 rings (SSSR count). The molecule has 6 nitrogen and oxygen atoms in total. The van der Waals surface area contributed by atoms with Gasteiger partial charge in [-0.15, -0.1) is 24.0 Å². The predicted molar refractivity (Wildman–Crippen MR) is 131 cm³/mol. The van der Waals surface area contributed by atoms with Crippen LogP contribution in [-0.2, 0) is 17.8 Å². The van der Waals surface area contributed by atoms with Gasteiger partial charge in [-0.25, -0.2) is 0 Å². The van der Waals surface area contributed by atoms with E-state index in [9.17, 15) is 0 Å². The maximum absolute atomic E-state index is 5.40. The number of rotatable bonds is 7. The van der Waals surface area contributed by atoms with Gasteiger partial charge in [-0.05, 0) is 43.0 Å². The Morgan fingerprint density at radius 3 is 2.52 bits per heavy atom. The first-order valence-electron chi connectivity index (χ1n) is 10.8. The summed E-state index contributed by atoms with van der Waals surface area (Å²) in [6, 6.07) is 8.94. The number of ether oxygens (including phenoxy) is 1. The first-order chi connectivity index (χ1) is 13.7. The average molecular weight is 515 g/mol. The van der Waals surface area contributed by atoms with Gasteiger partial charge in [0.25, 0.3) is 0 Å². The second-order valence-corrected chi connectivity index (χ2v) is 8.09. The Morgan fingerprint density at radius 2 is 1.79 bits per heavy atom. The van der Waals surface area contributed by atoms with Crippen LogP contribution in [0.3, 0.4) is 0 Å². The lowest BCUT2D eigenvalue weighted by molar-refractivity contribution is 0.0389. The Kier molecular flexibility index (Phi) is 11.3. The number of morpholine rings is 1. The molecule has 0 spiro atoms. The van der Waals surface area contributed by atoms with Gasteiger partial charge in [-0.2, -0.15) is 0 Å². The van der Waals surface area contributed by atoms with Crippen molar-refractivity contribution in [1.82, 2.24) is 20.4 Å². The number of aliphatic imine (C=N–C) groups is 1. The zero-order valence-electron chi connectivity index (χ0n) is 18.0. The predicted octanol–water partition coefficient (Wildman–Crippen LogP) is 2.53. The largest absolute Gasteiger partial charge is 0.379 e. The van der Waals surface area contributed by atoms with Crippen LogP contribution in [0.25, 0.3) is 0 Å². The molecule has 0 unspecified atom stereocenters. The molecular weight excluding hydrogens is 477 g/mol. The maximum Gasteiger partial charge on any atom is 0.191 e. The number of piperidine rings is 1. The van der Waals surface area contributed by atoms with Crippen molar-refractivity contribution in [2.24, 2.45) is 10.9 Å². The first kappa shape index (κ1) is 24.4. The van der Waals surface area contributed by atoms with Crippen molar-refractivity contribution >= 4 is 29.9 Å². The van der Waals surface area contributed by atoms with Crippen molar-refractivity contribution in [2.45, 2.75) is 32.9 Å². The number of hydrogen-bond donors (Lipinski definition) is 2. The van der Waals surface area contributed by atoms with Crippen molar-refractivity contribution in [1.29, 1.82) is 0 Å². The van der Waals surface area contributed by atoms with Crippen LogP contribution in [0.5, 0.6) is 0 Å². The lowest BCUT2D eigenvalue weighted by Gasteiger charge is -2.30. The highest BCUT2D eigenvalue weighted by atomic mass is 127. The molecule has 0 amide bonds. The minimum atomic E-state index is 0. The first-order valence-corrected chi connectivity index (χ1v) is 10.8. The number of likely N-dealkylation sites (tertiary alicyclic amines) is 1. The van der Waals surface area contributed by atoms with E-state index < -0.39 is 0 Å². The average Bonchev–Trinajstić information content (AvgIpc) is 2.73. The number of guanidine groups is 1. The van der Waals surface area contributed by atoms with Crippen LogP contribution in [0, 0.1) is 5.92 Å². The summed E-state index contributed by atoms with van der Waals surface area (Å²) < 4.78 is 5.40. The Labute approximate surface area is 193 Å². The monoisotopic (exact) mass is 515 g/mol. The van der Waals surface area contributed by atoms with E-state index in [1.54, 1.807) is 0 Å². The molecule has 164 valence electrons. The molecule has 0 saturated carbocycles. The van der Waals surface area contributed by atoms with Gasteiger partial charge < -0.3 is 15.4 Å². The summed E-state index contributed by atoms with van der Waals surface area (Å²) in [4.78, 5) is 9.36. The van der Waals surface area contributed by atoms with Crippen LogP contribution in [0.15, 0.2) is 29.3 Å². The van der Waals surface area contributed by atoms with Gasteiger partial charge in [0.05, 0.1) is 13.2 Å². The lowest BCUT2D eigenvalue weighted by Crippen LogP contribution is -2.44. The highest BCUT2D eigenvalue weighted by Gasteiger charge is 2.15. The van der Waals surface area contributed by atoms with E-state index in [1.807, 2.05) is 7.05 Å². The summed E-state index contributed by atoms with van der Waals surface area (Å²) in [7, 11) is 1.83. The van der Waals surface area contributed by atoms with E-state index in [4.69, 9.17) is 4.74 Å². The van der Waals surface area contributed by atoms with Crippen LogP contribution in [0.1, 0.15) is 30.9 Å². The number of hydrogen-bond acceptors (Lipinski definition) is 4. The molecule has 0 atom stereocenters. The highest BCUT2D eigenvalue weighted by Crippen LogP contribution is 2.18. The molecule has 2 N–H and O–H groups in total. The van der Waals surface area contributed by atoms with Gasteiger partial charge in [-0.3, -0.25) is 14.8 Å². The number of benzene rings is 1. The zero-order valence-corrected chi connectivity index (χ0v) is 20.4. The van der Waals surface area contributed by atoms with Crippen molar-refractivity contribution in [3.63, 3.8) is 0 Å². The molecule has 2 aliphatic rings. The summed E-state index contributed by atoms with van der Waals surface area (Å²) in [6.45, 7) is 12.3. The summed E-state index contributed by atoms with van der Waals surface area (Å²) in [5.41, 5.74) is 2.71. The molecule has 2 aliphatic heterocycles. The highest BCUT2D eigenvalue weighted by molar-refractivity contribution is 14.0. The summed E-state index contributed by atoms with van der Waals surface area (Å²) >= 11 is 0. The third kappa shape index (κ3) is 8.78. The second kappa shape index (κ2) is 13.4. The standard InChI is InChI=1S/C22H37N5O.HI/c1-19-6-9-27(10-7-19)18-21-5-3-4-20(16-21)17-25-22(23-2)24-8-11-26-12-14-28-15-13-26;/h3-5,16,19H,6-15,17-18H2,1-2H3,(H2,23,24,25);1H. The fraction of sp³-hybridized carbons (Fsp3) is 0.682. The SMILES string of the molecule is CN=C(NCCN1CCOCC1)NCc1cccc(CN2CCC(C)CC2)c1.I. The minimum absolute atomic E-state index is 0. The quantitative estimate of drug-likeness (QED) is 0.332. The van der Waals surface area contributed by atoms with Crippen LogP contribution >= 0.6 is 24.0 Å². The Balaban J connectivity index is 0.00000300. The van der Waals surface area contributed by atoms with E-state index in [2.05, 4.69) is 56.6 Å². The van der Waals surface area contributed by atoms with Crippen molar-refractivity contribution in [2.75, 3.05) is 59.5 Å². The molecule has 2 fully saturated rings. The zero-order chi connectivity index (χ0) is 19.6. The van der Waals surface area contributed by atoms with Crippen LogP contribution < -0.4 is 10.6 Å². The molecule has 1 aromatic carbocycles. The van der Waals surface area contributed by atoms with Crippen LogP contribution in [-0.4, -0.2) is 75.3 Å². The van der Waals surface area contributed by atoms with Crippen molar-refractivity contribution in [3.05, 3.63) is 35.4 Å². The third-order valence-electron chi connectivity index (χ3n) is 5.78. The van der Waals surface area contributed by atoms with E-state index in [0.29, 0.717) is 0 Å². The topological polar surface area (TPSA) is 52.1 Å². The normalized spacial score (nSPS) is 19.6. The van der Waals surface area contributed by atoms with E-state index in [0.717, 1.165) is 64.4 Å². The Hall–Kier alpha value is -0.900. The molecule has 0 aromatic heterocycles. The van der Waals surface area contributed by atoms with Gasteiger partial charge in [0.15, 0.2) is 5.96 Å². The number of halogens is 1. The van der Waals surface area contributed by atoms with Gasteiger partial charge in [0.2, 0.25) is 0 Å². The van der Waals surface area contributed by atoms with Crippen molar-refractivity contribution in [3.8, 4) is 0 Å². The smallest absolute Gasteiger partial charge is 0.191 e. The summed E-state index contributed by atoms with van der Waals surface area (Å²) in [5, 5.41) is 6.86. The maximum atomic E-state index is 5.40. The van der Waals surface area contributed by atoms with Crippen LogP contribution in [0.4, 0.5) is 0 Å². The summed E-state index contributed by atoms with van der Waals surface area (Å²) in [6.07, 6.45) is 2.65. The van der Waals surface area contributed by atoms with Gasteiger partial charge in [0.1, 0.15) is 0 Å². The molecule has 0 radical (unpaired) electrons. The molecular formula is C22H38IN5O. The van der Waals surface area contributed by atoms with Gasteiger partial charge in [0, 0.05) is 46.3 Å². The summed E-state index contributed by atoms with van der Waals surface area (Å²) in [5.74, 6) is 1.75. The van der Waals surface area contributed by atoms with E-state index >= 15 is 0 Å². The fourth-order valence-electron chi connectivity index (χ4n) is 3.88. The molecule has 2 heterocycles. The molecule has 0 bridgehead atoms. The van der Waals surface area contributed by atoms with E-state index in [1.165, 1.54) is 37.1 Å². The lowest BCUT2D eigenvalue weighted by atomic mass is 9.98. The van der Waals surface area contributed by atoms with Gasteiger partial charge in [-0.1, -0.05) is 31.2 Å². The number of nitrogens with one attached hydrogen (secondary N) is 2. The van der Waals surface area contributed by atoms with Gasteiger partial charge >= 0.3 is 0 Å². The second-order valence-electron chi connectivity index (χ2n) is 8.09. The van der Waals surface area contributed by atoms with Crippen LogP contribution in [0.2, 0.25) is 0 Å². The Morgan fingerprint density at radius 1 is 1.07 bits per heavy atom. The molecule has 7 heteroatoms. The molecule has 2 saturated heterocycles. The molecule has 29 heavy (non-hydrogen) atoms. The van der Waals surface area contributed by atoms with E-state index in [-0.39, 0.29) is 24.0 Å².